The molecule has 1 aromatic carbocycles. The Kier molecular flexibility index (Phi) is 3.91. The number of benzene rings is 1. The molecule has 112 valence electrons. The first-order chi connectivity index (χ1) is 10.1. The molecule has 1 aliphatic carbocycles. The fraction of sp³-hybridized carbons (Fsp3) is 0.467. The Balaban J connectivity index is 1.73. The highest BCUT2D eigenvalue weighted by Crippen LogP contribution is 2.40. The van der Waals surface area contributed by atoms with Crippen LogP contribution in [0.5, 0.6) is 0 Å². The molecule has 2 aromatic rings. The van der Waals surface area contributed by atoms with Crippen LogP contribution in [0, 0.1) is 0 Å². The van der Waals surface area contributed by atoms with Gasteiger partial charge in [0, 0.05) is 5.25 Å². The first-order valence-electron chi connectivity index (χ1n) is 7.23. The van der Waals surface area contributed by atoms with Crippen molar-refractivity contribution in [2.45, 2.75) is 42.1 Å². The van der Waals surface area contributed by atoms with E-state index >= 15 is 0 Å². The lowest BCUT2D eigenvalue weighted by Crippen LogP contribution is -2.50. The average molecular weight is 305 g/mol. The van der Waals surface area contributed by atoms with Gasteiger partial charge < -0.3 is 15.4 Å². The quantitative estimate of drug-likeness (QED) is 0.791. The van der Waals surface area contributed by atoms with E-state index in [0.29, 0.717) is 19.4 Å². The topological polar surface area (TPSA) is 78.0 Å². The summed E-state index contributed by atoms with van der Waals surface area (Å²) in [5, 5.41) is 13.8. The molecule has 3 N–H and O–H groups in total. The number of rotatable bonds is 5. The maximum atomic E-state index is 11.6. The van der Waals surface area contributed by atoms with E-state index in [2.05, 4.69) is 15.3 Å². The number of para-hydroxylation sites is 2. The van der Waals surface area contributed by atoms with Crippen molar-refractivity contribution in [2.75, 3.05) is 6.54 Å². The number of hydrogen-bond donors (Lipinski definition) is 3. The number of aromatic nitrogens is 2. The molecule has 21 heavy (non-hydrogen) atoms. The fourth-order valence-corrected chi connectivity index (χ4v) is 4.25. The third-order valence-corrected chi connectivity index (χ3v) is 5.19. The molecule has 1 fully saturated rings. The van der Waals surface area contributed by atoms with Gasteiger partial charge in [-0.3, -0.25) is 4.79 Å². The van der Waals surface area contributed by atoms with Crippen LogP contribution in [0.1, 0.15) is 26.2 Å². The van der Waals surface area contributed by atoms with Gasteiger partial charge in [-0.15, -0.1) is 0 Å². The number of carbonyl (C=O) groups is 1. The van der Waals surface area contributed by atoms with Gasteiger partial charge in [0.25, 0.3) is 0 Å². The number of carboxylic acids is 1. The zero-order chi connectivity index (χ0) is 14.9. The van der Waals surface area contributed by atoms with Crippen LogP contribution in [0.15, 0.2) is 29.4 Å². The molecule has 6 heteroatoms. The smallest absolute Gasteiger partial charge is 0.323 e. The minimum absolute atomic E-state index is 0.278. The monoisotopic (exact) mass is 305 g/mol. The molecule has 3 rings (SSSR count). The van der Waals surface area contributed by atoms with Gasteiger partial charge in [0.2, 0.25) is 0 Å². The number of imidazole rings is 1. The van der Waals surface area contributed by atoms with Crippen LogP contribution in [-0.2, 0) is 4.79 Å². The molecule has 2 unspecified atom stereocenters. The Morgan fingerprint density at radius 3 is 3.10 bits per heavy atom. The van der Waals surface area contributed by atoms with Crippen molar-refractivity contribution in [2.24, 2.45) is 0 Å². The molecular weight excluding hydrogens is 286 g/mol. The summed E-state index contributed by atoms with van der Waals surface area (Å²) in [6, 6.07) is 7.92. The lowest BCUT2D eigenvalue weighted by Gasteiger charge is -2.25. The number of hydrogen-bond acceptors (Lipinski definition) is 4. The molecule has 0 amide bonds. The SMILES string of the molecule is CCNC1(C(=O)O)CCC(Sc2nc3ccccc3[nH]2)C1. The number of nitrogens with zero attached hydrogens (tertiary/aromatic N) is 1. The molecule has 5 nitrogen and oxygen atoms in total. The first kappa shape index (κ1) is 14.4. The second-order valence-electron chi connectivity index (χ2n) is 5.46. The first-order valence-corrected chi connectivity index (χ1v) is 8.11. The third-order valence-electron chi connectivity index (χ3n) is 4.04. The minimum atomic E-state index is -0.765. The van der Waals surface area contributed by atoms with Gasteiger partial charge in [0.05, 0.1) is 11.0 Å². The highest BCUT2D eigenvalue weighted by atomic mass is 32.2. The van der Waals surface area contributed by atoms with Crippen molar-refractivity contribution in [1.29, 1.82) is 0 Å². The van der Waals surface area contributed by atoms with E-state index in [9.17, 15) is 9.90 Å². The van der Waals surface area contributed by atoms with Gasteiger partial charge in [0.15, 0.2) is 5.16 Å². The van der Waals surface area contributed by atoms with E-state index in [1.54, 1.807) is 11.8 Å². The van der Waals surface area contributed by atoms with Crippen LogP contribution in [-0.4, -0.2) is 38.4 Å². The van der Waals surface area contributed by atoms with E-state index < -0.39 is 11.5 Å². The minimum Gasteiger partial charge on any atom is -0.480 e. The third kappa shape index (κ3) is 2.78. The summed E-state index contributed by atoms with van der Waals surface area (Å²) >= 11 is 1.65. The standard InChI is InChI=1S/C15H19N3O2S/c1-2-16-15(13(19)20)8-7-10(9-15)21-14-17-11-5-3-4-6-12(11)18-14/h3-6,10,16H,2,7-9H2,1H3,(H,17,18)(H,19,20). The van der Waals surface area contributed by atoms with E-state index in [0.717, 1.165) is 22.6 Å². The Bertz CT molecular complexity index is 624. The molecule has 0 aliphatic heterocycles. The van der Waals surface area contributed by atoms with E-state index in [1.165, 1.54) is 0 Å². The van der Waals surface area contributed by atoms with Gasteiger partial charge in [-0.05, 0) is 37.9 Å². The lowest BCUT2D eigenvalue weighted by atomic mass is 9.98. The van der Waals surface area contributed by atoms with Crippen LogP contribution >= 0.6 is 11.8 Å². The Morgan fingerprint density at radius 2 is 2.38 bits per heavy atom. The van der Waals surface area contributed by atoms with Crippen LogP contribution in [0.3, 0.4) is 0 Å². The largest absolute Gasteiger partial charge is 0.480 e. The fourth-order valence-electron chi connectivity index (χ4n) is 3.01. The molecule has 1 heterocycles. The summed E-state index contributed by atoms with van der Waals surface area (Å²) in [5.74, 6) is -0.739. The summed E-state index contributed by atoms with van der Waals surface area (Å²) in [7, 11) is 0. The molecule has 0 radical (unpaired) electrons. The molecule has 1 saturated carbocycles. The molecule has 0 saturated heterocycles. The number of fused-ring (bicyclic) bond motifs is 1. The maximum absolute atomic E-state index is 11.6. The Hall–Kier alpha value is -1.53. The van der Waals surface area contributed by atoms with Gasteiger partial charge in [-0.25, -0.2) is 4.98 Å². The number of nitrogens with one attached hydrogen (secondary N) is 2. The highest BCUT2D eigenvalue weighted by Gasteiger charge is 2.45. The van der Waals surface area contributed by atoms with Gasteiger partial charge in [0.1, 0.15) is 5.54 Å². The number of thioether (sulfide) groups is 1. The zero-order valence-electron chi connectivity index (χ0n) is 11.9. The zero-order valence-corrected chi connectivity index (χ0v) is 12.7. The Labute approximate surface area is 127 Å². The van der Waals surface area contributed by atoms with E-state index in [4.69, 9.17) is 0 Å². The summed E-state index contributed by atoms with van der Waals surface area (Å²) in [5.41, 5.74) is 1.21. The van der Waals surface area contributed by atoms with Crippen molar-refractivity contribution in [1.82, 2.24) is 15.3 Å². The number of H-pyrrole nitrogens is 1. The van der Waals surface area contributed by atoms with E-state index in [1.807, 2.05) is 31.2 Å². The van der Waals surface area contributed by atoms with Crippen molar-refractivity contribution < 1.29 is 9.90 Å². The van der Waals surface area contributed by atoms with Crippen molar-refractivity contribution in [3.63, 3.8) is 0 Å². The normalized spacial score (nSPS) is 25.5. The summed E-state index contributed by atoms with van der Waals surface area (Å²) in [6.07, 6.45) is 2.20. The predicted octanol–water partition coefficient (Wildman–Crippen LogP) is 2.64. The van der Waals surface area contributed by atoms with Crippen LogP contribution in [0.25, 0.3) is 11.0 Å². The Morgan fingerprint density at radius 1 is 1.57 bits per heavy atom. The number of aromatic amines is 1. The predicted molar refractivity (Wildman–Crippen MR) is 83.6 cm³/mol. The maximum Gasteiger partial charge on any atom is 0.323 e. The molecule has 0 spiro atoms. The van der Waals surface area contributed by atoms with Crippen LogP contribution in [0.4, 0.5) is 0 Å². The molecule has 1 aromatic heterocycles. The van der Waals surface area contributed by atoms with Crippen molar-refractivity contribution in [3.8, 4) is 0 Å². The summed E-state index contributed by atoms with van der Waals surface area (Å²) in [6.45, 7) is 2.62. The second kappa shape index (κ2) is 5.69. The second-order valence-corrected chi connectivity index (χ2v) is 6.75. The van der Waals surface area contributed by atoms with Gasteiger partial charge in [-0.2, -0.15) is 0 Å². The van der Waals surface area contributed by atoms with Crippen LogP contribution in [0.2, 0.25) is 0 Å². The molecular formula is C15H19N3O2S. The molecule has 2 atom stereocenters. The summed E-state index contributed by atoms with van der Waals surface area (Å²) < 4.78 is 0. The van der Waals surface area contributed by atoms with Crippen molar-refractivity contribution in [3.05, 3.63) is 24.3 Å². The summed E-state index contributed by atoms with van der Waals surface area (Å²) in [4.78, 5) is 19.4. The number of aliphatic carboxylic acids is 1. The van der Waals surface area contributed by atoms with Gasteiger partial charge >= 0.3 is 5.97 Å². The highest BCUT2D eigenvalue weighted by molar-refractivity contribution is 7.99. The van der Waals surface area contributed by atoms with E-state index in [-0.39, 0.29) is 5.25 Å². The number of likely N-dealkylation sites (N-methyl/N-ethyl adjacent to an activating group) is 1. The lowest BCUT2D eigenvalue weighted by molar-refractivity contribution is -0.144. The number of carboxylic acid groups (broad SMARTS) is 1. The molecule has 0 bridgehead atoms. The average Bonchev–Trinajstić information content (AvgIpc) is 3.04. The molecule has 1 aliphatic rings. The van der Waals surface area contributed by atoms with Crippen molar-refractivity contribution >= 4 is 28.8 Å². The van der Waals surface area contributed by atoms with Gasteiger partial charge in [-0.1, -0.05) is 30.8 Å². The van der Waals surface area contributed by atoms with Crippen LogP contribution < -0.4 is 5.32 Å².